The lowest BCUT2D eigenvalue weighted by Crippen LogP contribution is -2.32. The predicted octanol–water partition coefficient (Wildman–Crippen LogP) is 4.76. The first-order valence-corrected chi connectivity index (χ1v) is 10.9. The number of anilines is 1. The van der Waals surface area contributed by atoms with Crippen LogP contribution >= 0.6 is 0 Å². The number of ether oxygens (including phenoxy) is 1. The van der Waals surface area contributed by atoms with Gasteiger partial charge in [0.1, 0.15) is 5.75 Å². The van der Waals surface area contributed by atoms with E-state index in [0.717, 1.165) is 21.9 Å². The van der Waals surface area contributed by atoms with Gasteiger partial charge in [-0.25, -0.2) is 10.2 Å². The lowest BCUT2D eigenvalue weighted by atomic mass is 10.0. The Morgan fingerprint density at radius 3 is 2.14 bits per heavy atom. The molecule has 0 saturated heterocycles. The molecule has 0 heterocycles. The van der Waals surface area contributed by atoms with Crippen LogP contribution in [0.2, 0.25) is 0 Å². The Hall–Kier alpha value is -4.78. The van der Waals surface area contributed by atoms with E-state index in [2.05, 4.69) is 15.8 Å². The minimum atomic E-state index is -0.930. The molecule has 174 valence electrons. The van der Waals surface area contributed by atoms with Gasteiger partial charge in [0.2, 0.25) is 0 Å². The molecule has 35 heavy (non-hydrogen) atoms. The number of amides is 2. The Morgan fingerprint density at radius 1 is 0.771 bits per heavy atom. The third-order valence-electron chi connectivity index (χ3n) is 5.30. The van der Waals surface area contributed by atoms with Crippen LogP contribution in [0.4, 0.5) is 5.69 Å². The summed E-state index contributed by atoms with van der Waals surface area (Å²) in [6, 6.07) is 25.1. The first-order valence-electron chi connectivity index (χ1n) is 10.9. The molecule has 0 fully saturated rings. The van der Waals surface area contributed by atoms with E-state index in [9.17, 15) is 14.4 Å². The number of carbonyl (C=O) groups is 3. The Morgan fingerprint density at radius 2 is 1.43 bits per heavy atom. The zero-order chi connectivity index (χ0) is 24.8. The molecule has 0 aliphatic heterocycles. The standard InChI is InChI=1S/C28H23N3O4/c1-18-7-11-21(12-8-18)28(34)35-25-16-13-20-5-3-4-6-23(20)24(25)17-29-31-27(33)26(32)30-22-14-9-19(2)10-15-22/h3-17H,1-2H3,(H,30,32)(H,31,33)/b29-17-. The van der Waals surface area contributed by atoms with Crippen LogP contribution in [-0.2, 0) is 9.59 Å². The number of benzene rings is 4. The molecule has 7 heteroatoms. The molecule has 2 amide bonds. The zero-order valence-corrected chi connectivity index (χ0v) is 19.2. The molecule has 0 aliphatic carbocycles. The van der Waals surface area contributed by atoms with Crippen LogP contribution in [0.5, 0.6) is 5.75 Å². The highest BCUT2D eigenvalue weighted by Gasteiger charge is 2.15. The fourth-order valence-electron chi connectivity index (χ4n) is 3.38. The van der Waals surface area contributed by atoms with Gasteiger partial charge >= 0.3 is 17.8 Å². The summed E-state index contributed by atoms with van der Waals surface area (Å²) in [6.07, 6.45) is 1.36. The first-order chi connectivity index (χ1) is 16.9. The maximum Gasteiger partial charge on any atom is 0.343 e. The molecule has 0 saturated carbocycles. The SMILES string of the molecule is Cc1ccc(NC(=O)C(=O)N/N=C\c2c(OC(=O)c3ccc(C)cc3)ccc3ccccc23)cc1. The summed E-state index contributed by atoms with van der Waals surface area (Å²) in [5, 5.41) is 8.12. The minimum Gasteiger partial charge on any atom is -0.422 e. The Kier molecular flexibility index (Phi) is 6.97. The summed E-state index contributed by atoms with van der Waals surface area (Å²) in [5.74, 6) is -2.02. The molecule has 2 N–H and O–H groups in total. The molecule has 0 unspecified atom stereocenters. The van der Waals surface area contributed by atoms with Crippen molar-refractivity contribution in [2.45, 2.75) is 13.8 Å². The van der Waals surface area contributed by atoms with Gasteiger partial charge in [-0.2, -0.15) is 5.10 Å². The third kappa shape index (κ3) is 5.78. The zero-order valence-electron chi connectivity index (χ0n) is 19.2. The van der Waals surface area contributed by atoms with Gasteiger partial charge in [0.15, 0.2) is 0 Å². The van der Waals surface area contributed by atoms with Gasteiger partial charge in [-0.15, -0.1) is 0 Å². The minimum absolute atomic E-state index is 0.274. The molecule has 0 aliphatic rings. The predicted molar refractivity (Wildman–Crippen MR) is 136 cm³/mol. The van der Waals surface area contributed by atoms with Gasteiger partial charge in [0.05, 0.1) is 11.8 Å². The van der Waals surface area contributed by atoms with Crippen LogP contribution in [0.3, 0.4) is 0 Å². The van der Waals surface area contributed by atoms with E-state index in [-0.39, 0.29) is 5.75 Å². The van der Waals surface area contributed by atoms with Crippen LogP contribution in [0.25, 0.3) is 10.8 Å². The number of aryl methyl sites for hydroxylation is 2. The molecular weight excluding hydrogens is 442 g/mol. The van der Waals surface area contributed by atoms with Crippen molar-refractivity contribution in [3.8, 4) is 5.75 Å². The summed E-state index contributed by atoms with van der Waals surface area (Å²) < 4.78 is 5.65. The second-order valence-electron chi connectivity index (χ2n) is 7.97. The summed E-state index contributed by atoms with van der Waals surface area (Å²) in [7, 11) is 0. The maximum absolute atomic E-state index is 12.7. The first kappa shape index (κ1) is 23.4. The van der Waals surface area contributed by atoms with Crippen molar-refractivity contribution in [1.82, 2.24) is 5.43 Å². The lowest BCUT2D eigenvalue weighted by Gasteiger charge is -2.11. The molecule has 0 atom stereocenters. The normalized spacial score (nSPS) is 10.8. The average Bonchev–Trinajstić information content (AvgIpc) is 2.86. The van der Waals surface area contributed by atoms with E-state index in [4.69, 9.17) is 4.74 Å². The number of rotatable bonds is 5. The number of esters is 1. The molecule has 4 aromatic rings. The van der Waals surface area contributed by atoms with Crippen molar-refractivity contribution in [3.05, 3.63) is 107 Å². The van der Waals surface area contributed by atoms with Crippen molar-refractivity contribution in [2.75, 3.05) is 5.32 Å². The van der Waals surface area contributed by atoms with Gasteiger partial charge in [-0.05, 0) is 55.0 Å². The highest BCUT2D eigenvalue weighted by molar-refractivity contribution is 6.39. The van der Waals surface area contributed by atoms with Crippen LogP contribution < -0.4 is 15.5 Å². The molecule has 7 nitrogen and oxygen atoms in total. The second kappa shape index (κ2) is 10.4. The number of hydrazone groups is 1. The van der Waals surface area contributed by atoms with E-state index in [1.165, 1.54) is 6.21 Å². The molecular formula is C28H23N3O4. The molecule has 4 aromatic carbocycles. The van der Waals surface area contributed by atoms with E-state index in [1.54, 1.807) is 30.3 Å². The number of nitrogens with one attached hydrogen (secondary N) is 2. The van der Waals surface area contributed by atoms with Crippen molar-refractivity contribution in [3.63, 3.8) is 0 Å². The lowest BCUT2D eigenvalue weighted by molar-refractivity contribution is -0.136. The highest BCUT2D eigenvalue weighted by Crippen LogP contribution is 2.27. The van der Waals surface area contributed by atoms with Crippen molar-refractivity contribution < 1.29 is 19.1 Å². The van der Waals surface area contributed by atoms with Crippen molar-refractivity contribution in [2.24, 2.45) is 5.10 Å². The van der Waals surface area contributed by atoms with Crippen LogP contribution in [0.1, 0.15) is 27.0 Å². The van der Waals surface area contributed by atoms with Gasteiger partial charge in [-0.3, -0.25) is 9.59 Å². The molecule has 4 rings (SSSR count). The van der Waals surface area contributed by atoms with Gasteiger partial charge in [-0.1, -0.05) is 65.7 Å². The van der Waals surface area contributed by atoms with Gasteiger partial charge < -0.3 is 10.1 Å². The Bertz CT molecular complexity index is 1430. The van der Waals surface area contributed by atoms with E-state index >= 15 is 0 Å². The van der Waals surface area contributed by atoms with Crippen molar-refractivity contribution >= 4 is 40.5 Å². The molecule has 0 spiro atoms. The van der Waals surface area contributed by atoms with E-state index in [1.807, 2.05) is 68.4 Å². The number of carbonyl (C=O) groups excluding carboxylic acids is 3. The number of nitrogens with zero attached hydrogens (tertiary/aromatic N) is 1. The molecule has 0 bridgehead atoms. The fraction of sp³-hybridized carbons (Fsp3) is 0.0714. The maximum atomic E-state index is 12.7. The van der Waals surface area contributed by atoms with E-state index in [0.29, 0.717) is 16.8 Å². The summed E-state index contributed by atoms with van der Waals surface area (Å²) in [5.41, 5.74) is 5.68. The largest absolute Gasteiger partial charge is 0.422 e. The second-order valence-corrected chi connectivity index (χ2v) is 7.97. The van der Waals surface area contributed by atoms with E-state index < -0.39 is 17.8 Å². The van der Waals surface area contributed by atoms with Gasteiger partial charge in [0, 0.05) is 11.3 Å². The van der Waals surface area contributed by atoms with Crippen LogP contribution in [-0.4, -0.2) is 24.0 Å². The summed E-state index contributed by atoms with van der Waals surface area (Å²) in [4.78, 5) is 37.1. The fourth-order valence-corrected chi connectivity index (χ4v) is 3.38. The van der Waals surface area contributed by atoms with Gasteiger partial charge in [0.25, 0.3) is 0 Å². The average molecular weight is 466 g/mol. The van der Waals surface area contributed by atoms with Crippen molar-refractivity contribution in [1.29, 1.82) is 0 Å². The number of hydrogen-bond acceptors (Lipinski definition) is 5. The molecule has 0 radical (unpaired) electrons. The third-order valence-corrected chi connectivity index (χ3v) is 5.30. The molecule has 0 aromatic heterocycles. The number of fused-ring (bicyclic) bond motifs is 1. The summed E-state index contributed by atoms with van der Waals surface area (Å²) in [6.45, 7) is 3.86. The topological polar surface area (TPSA) is 96.9 Å². The Labute approximate surface area is 202 Å². The smallest absolute Gasteiger partial charge is 0.343 e. The monoisotopic (exact) mass is 465 g/mol. The highest BCUT2D eigenvalue weighted by atomic mass is 16.5. The number of hydrogen-bond donors (Lipinski definition) is 2. The van der Waals surface area contributed by atoms with Crippen LogP contribution in [0, 0.1) is 13.8 Å². The van der Waals surface area contributed by atoms with Crippen LogP contribution in [0.15, 0.2) is 90.0 Å². The summed E-state index contributed by atoms with van der Waals surface area (Å²) >= 11 is 0. The quantitative estimate of drug-likeness (QED) is 0.146. The Balaban J connectivity index is 1.53.